The zero-order valence-corrected chi connectivity index (χ0v) is 18.4. The fraction of sp³-hybridized carbons (Fsp3) is 0.650. The van der Waals surface area contributed by atoms with Crippen molar-refractivity contribution in [2.24, 2.45) is 11.8 Å². The minimum absolute atomic E-state index is 0. The predicted octanol–water partition coefficient (Wildman–Crippen LogP) is 3.79. The van der Waals surface area contributed by atoms with Crippen LogP contribution in [0.25, 0.3) is 0 Å². The molecule has 1 aliphatic rings. The standard InChI is InChI=1S/C20H32N2O3S.ClH/c1-15(17-8-6-10-21-13-17)11-19(23)22-18-9-5-7-16(12-18)14-26(24,25)20(2,3)4;/h5,7,9,12,15,17,21H,6,8,10-11,13-14H2,1-4H3,(H,22,23);1H. The number of carbonyl (C=O) groups is 1. The van der Waals surface area contributed by atoms with Crippen LogP contribution < -0.4 is 10.6 Å². The summed E-state index contributed by atoms with van der Waals surface area (Å²) in [4.78, 5) is 12.4. The predicted molar refractivity (Wildman–Crippen MR) is 114 cm³/mol. The fourth-order valence-corrected chi connectivity index (χ4v) is 4.26. The van der Waals surface area contributed by atoms with Gasteiger partial charge in [0, 0.05) is 12.1 Å². The van der Waals surface area contributed by atoms with Gasteiger partial charge in [0.05, 0.1) is 10.5 Å². The topological polar surface area (TPSA) is 75.3 Å². The Morgan fingerprint density at radius 1 is 1.33 bits per heavy atom. The van der Waals surface area contributed by atoms with Crippen molar-refractivity contribution in [1.82, 2.24) is 5.32 Å². The van der Waals surface area contributed by atoms with Gasteiger partial charge in [0.1, 0.15) is 0 Å². The number of anilines is 1. The number of benzene rings is 1. The van der Waals surface area contributed by atoms with Crippen LogP contribution in [0, 0.1) is 11.8 Å². The third kappa shape index (κ3) is 7.09. The van der Waals surface area contributed by atoms with Gasteiger partial charge in [-0.2, -0.15) is 0 Å². The third-order valence-electron chi connectivity index (χ3n) is 5.15. The lowest BCUT2D eigenvalue weighted by molar-refractivity contribution is -0.117. The molecule has 2 rings (SSSR count). The maximum Gasteiger partial charge on any atom is 0.224 e. The second-order valence-corrected chi connectivity index (χ2v) is 11.2. The largest absolute Gasteiger partial charge is 0.326 e. The van der Waals surface area contributed by atoms with E-state index in [1.165, 1.54) is 12.8 Å². The molecule has 1 saturated heterocycles. The summed E-state index contributed by atoms with van der Waals surface area (Å²) in [5, 5.41) is 6.31. The van der Waals surface area contributed by atoms with Crippen LogP contribution >= 0.6 is 12.4 Å². The van der Waals surface area contributed by atoms with E-state index >= 15 is 0 Å². The monoisotopic (exact) mass is 416 g/mol. The van der Waals surface area contributed by atoms with Crippen LogP contribution in [0.4, 0.5) is 5.69 Å². The summed E-state index contributed by atoms with van der Waals surface area (Å²) in [5.41, 5.74) is 1.35. The van der Waals surface area contributed by atoms with Gasteiger partial charge in [0.25, 0.3) is 0 Å². The van der Waals surface area contributed by atoms with Crippen molar-refractivity contribution in [3.05, 3.63) is 29.8 Å². The Labute approximate surface area is 170 Å². The van der Waals surface area contributed by atoms with Gasteiger partial charge in [-0.1, -0.05) is 19.1 Å². The molecule has 2 N–H and O–H groups in total. The molecule has 0 aliphatic carbocycles. The summed E-state index contributed by atoms with van der Waals surface area (Å²) < 4.78 is 24.0. The number of nitrogens with one attached hydrogen (secondary N) is 2. The molecule has 0 aromatic heterocycles. The Morgan fingerprint density at radius 3 is 2.63 bits per heavy atom. The smallest absolute Gasteiger partial charge is 0.224 e. The van der Waals surface area contributed by atoms with Crippen molar-refractivity contribution >= 4 is 33.8 Å². The van der Waals surface area contributed by atoms with E-state index in [1.54, 1.807) is 45.0 Å². The molecule has 154 valence electrons. The second-order valence-electron chi connectivity index (χ2n) is 8.41. The number of hydrogen-bond donors (Lipinski definition) is 2. The molecule has 1 aliphatic heterocycles. The van der Waals surface area contributed by atoms with E-state index in [1.807, 2.05) is 0 Å². The van der Waals surface area contributed by atoms with E-state index in [0.717, 1.165) is 13.1 Å². The van der Waals surface area contributed by atoms with Crippen molar-refractivity contribution in [2.75, 3.05) is 18.4 Å². The minimum Gasteiger partial charge on any atom is -0.326 e. The molecule has 1 aromatic rings. The number of rotatable bonds is 6. The Kier molecular flexibility index (Phi) is 8.77. The highest BCUT2D eigenvalue weighted by molar-refractivity contribution is 7.91. The van der Waals surface area contributed by atoms with Crippen molar-refractivity contribution in [3.63, 3.8) is 0 Å². The van der Waals surface area contributed by atoms with E-state index in [2.05, 4.69) is 17.6 Å². The molecule has 1 aromatic carbocycles. The average Bonchev–Trinajstić information content (AvgIpc) is 2.54. The van der Waals surface area contributed by atoms with Crippen LogP contribution in [0.2, 0.25) is 0 Å². The molecule has 0 saturated carbocycles. The highest BCUT2D eigenvalue weighted by Gasteiger charge is 2.29. The lowest BCUT2D eigenvalue weighted by atomic mass is 9.85. The Morgan fingerprint density at radius 2 is 2.04 bits per heavy atom. The number of piperidine rings is 1. The van der Waals surface area contributed by atoms with Gasteiger partial charge in [-0.05, 0) is 76.2 Å². The minimum atomic E-state index is -3.25. The van der Waals surface area contributed by atoms with Gasteiger partial charge in [-0.3, -0.25) is 4.79 Å². The maximum absolute atomic E-state index is 12.4. The number of halogens is 1. The van der Waals surface area contributed by atoms with E-state index in [4.69, 9.17) is 0 Å². The number of amides is 1. The van der Waals surface area contributed by atoms with E-state index in [0.29, 0.717) is 29.5 Å². The molecule has 2 atom stereocenters. The summed E-state index contributed by atoms with van der Waals surface area (Å²) >= 11 is 0. The van der Waals surface area contributed by atoms with Gasteiger partial charge >= 0.3 is 0 Å². The van der Waals surface area contributed by atoms with Gasteiger partial charge in [-0.25, -0.2) is 8.42 Å². The molecule has 5 nitrogen and oxygen atoms in total. The maximum atomic E-state index is 12.4. The Bertz CT molecular complexity index is 723. The number of hydrogen-bond acceptors (Lipinski definition) is 4. The van der Waals surface area contributed by atoms with Crippen LogP contribution in [-0.2, 0) is 20.4 Å². The lowest BCUT2D eigenvalue weighted by Crippen LogP contribution is -2.34. The SMILES string of the molecule is CC(CC(=O)Nc1cccc(CS(=O)(=O)C(C)(C)C)c1)C1CCCNC1.Cl. The summed E-state index contributed by atoms with van der Waals surface area (Å²) in [5.74, 6) is 0.827. The summed E-state index contributed by atoms with van der Waals surface area (Å²) in [6, 6.07) is 7.14. The first-order valence-electron chi connectivity index (χ1n) is 9.40. The molecule has 1 amide bonds. The van der Waals surface area contributed by atoms with E-state index in [-0.39, 0.29) is 24.1 Å². The lowest BCUT2D eigenvalue weighted by Gasteiger charge is -2.28. The average molecular weight is 417 g/mol. The second kappa shape index (κ2) is 9.89. The Balaban J connectivity index is 0.00000364. The van der Waals surface area contributed by atoms with Crippen LogP contribution in [-0.4, -0.2) is 32.2 Å². The molecule has 0 bridgehead atoms. The van der Waals surface area contributed by atoms with Crippen molar-refractivity contribution in [2.45, 2.75) is 57.5 Å². The molecule has 7 heteroatoms. The zero-order valence-electron chi connectivity index (χ0n) is 16.7. The van der Waals surface area contributed by atoms with Crippen LogP contribution in [0.15, 0.2) is 24.3 Å². The van der Waals surface area contributed by atoms with Crippen LogP contribution in [0.3, 0.4) is 0 Å². The van der Waals surface area contributed by atoms with Crippen molar-refractivity contribution < 1.29 is 13.2 Å². The highest BCUT2D eigenvalue weighted by Crippen LogP contribution is 2.24. The molecule has 2 unspecified atom stereocenters. The summed E-state index contributed by atoms with van der Waals surface area (Å²) in [6.45, 7) is 9.29. The van der Waals surface area contributed by atoms with Gasteiger partial charge in [0.2, 0.25) is 5.91 Å². The molecule has 27 heavy (non-hydrogen) atoms. The molecular formula is C20H33ClN2O3S. The van der Waals surface area contributed by atoms with Crippen molar-refractivity contribution in [3.8, 4) is 0 Å². The molecule has 1 heterocycles. The summed E-state index contributed by atoms with van der Waals surface area (Å²) in [6.07, 6.45) is 2.82. The fourth-order valence-electron chi connectivity index (χ4n) is 3.21. The van der Waals surface area contributed by atoms with Gasteiger partial charge < -0.3 is 10.6 Å². The molecular weight excluding hydrogens is 384 g/mol. The normalized spacial score (nSPS) is 19.0. The first-order valence-corrected chi connectivity index (χ1v) is 11.1. The Hall–Kier alpha value is -1.11. The van der Waals surface area contributed by atoms with Gasteiger partial charge in [0.15, 0.2) is 9.84 Å². The van der Waals surface area contributed by atoms with E-state index < -0.39 is 14.6 Å². The zero-order chi connectivity index (χ0) is 19.4. The number of sulfone groups is 1. The third-order valence-corrected chi connectivity index (χ3v) is 7.73. The molecule has 0 radical (unpaired) electrons. The summed E-state index contributed by atoms with van der Waals surface area (Å²) in [7, 11) is -3.25. The molecule has 0 spiro atoms. The van der Waals surface area contributed by atoms with Crippen LogP contribution in [0.5, 0.6) is 0 Å². The van der Waals surface area contributed by atoms with Gasteiger partial charge in [-0.15, -0.1) is 12.4 Å². The first kappa shape index (κ1) is 23.9. The first-order chi connectivity index (χ1) is 12.1. The number of carbonyl (C=O) groups excluding carboxylic acids is 1. The van der Waals surface area contributed by atoms with E-state index in [9.17, 15) is 13.2 Å². The molecule has 1 fully saturated rings. The van der Waals surface area contributed by atoms with Crippen LogP contribution in [0.1, 0.15) is 52.5 Å². The quantitative estimate of drug-likeness (QED) is 0.739. The van der Waals surface area contributed by atoms with Crippen molar-refractivity contribution in [1.29, 1.82) is 0 Å². The highest BCUT2D eigenvalue weighted by atomic mass is 35.5.